The second-order valence-corrected chi connectivity index (χ2v) is 11.0. The van der Waals surface area contributed by atoms with Gasteiger partial charge in [-0.1, -0.05) is 47.3 Å². The van der Waals surface area contributed by atoms with Crippen LogP contribution in [0.3, 0.4) is 0 Å². The molecule has 4 aliphatic rings. The number of nitrogens with one attached hydrogen (secondary N) is 2. The van der Waals surface area contributed by atoms with Crippen LogP contribution < -0.4 is 10.6 Å². The van der Waals surface area contributed by atoms with Crippen molar-refractivity contribution in [2.24, 2.45) is 11.8 Å². The summed E-state index contributed by atoms with van der Waals surface area (Å²) in [5.41, 5.74) is -0.483. The van der Waals surface area contributed by atoms with E-state index in [9.17, 15) is 14.4 Å². The second-order valence-electron chi connectivity index (χ2n) is 10.1. The largest absolute Gasteiger partial charge is 0.382 e. The third kappa shape index (κ3) is 4.61. The van der Waals surface area contributed by atoms with Gasteiger partial charge in [-0.05, 0) is 50.5 Å². The van der Waals surface area contributed by atoms with Crippen LogP contribution >= 0.6 is 15.9 Å². The molecule has 2 saturated heterocycles. The fourth-order valence-corrected chi connectivity index (χ4v) is 6.54. The Morgan fingerprint density at radius 2 is 1.92 bits per heavy atom. The normalized spacial score (nSPS) is 31.1. The van der Waals surface area contributed by atoms with E-state index in [1.165, 1.54) is 6.42 Å². The van der Waals surface area contributed by atoms with E-state index >= 15 is 0 Å². The van der Waals surface area contributed by atoms with Crippen molar-refractivity contribution in [3.05, 3.63) is 40.9 Å². The Morgan fingerprint density at radius 1 is 1.17 bits per heavy atom. The summed E-state index contributed by atoms with van der Waals surface area (Å²) < 4.78 is 12.8. The SMILES string of the molecule is CCOCCCN1C(=O)[C@H]2[C@H](C(=O)Nc3ccc(Br)cc3)[C@H]3C=C[C@@]2(O3)[C@@H]1C(=O)NC1CCCCC1. The molecule has 3 aliphatic heterocycles. The van der Waals surface area contributed by atoms with Crippen LogP contribution in [0.4, 0.5) is 5.69 Å². The molecule has 1 saturated carbocycles. The number of fused-ring (bicyclic) bond motifs is 1. The summed E-state index contributed by atoms with van der Waals surface area (Å²) in [5, 5.41) is 6.15. The first-order valence-corrected chi connectivity index (χ1v) is 13.9. The van der Waals surface area contributed by atoms with Crippen LogP contribution in [0.2, 0.25) is 0 Å². The van der Waals surface area contributed by atoms with Gasteiger partial charge in [0.15, 0.2) is 0 Å². The van der Waals surface area contributed by atoms with Crippen molar-refractivity contribution in [1.82, 2.24) is 10.2 Å². The minimum absolute atomic E-state index is 0.112. The number of hydrogen-bond acceptors (Lipinski definition) is 5. The lowest BCUT2D eigenvalue weighted by Gasteiger charge is -2.34. The van der Waals surface area contributed by atoms with Gasteiger partial charge in [-0.25, -0.2) is 0 Å². The summed E-state index contributed by atoms with van der Waals surface area (Å²) in [4.78, 5) is 42.7. The highest BCUT2D eigenvalue weighted by molar-refractivity contribution is 9.10. The molecule has 8 nitrogen and oxygen atoms in total. The van der Waals surface area contributed by atoms with E-state index in [4.69, 9.17) is 9.47 Å². The van der Waals surface area contributed by atoms with E-state index in [0.29, 0.717) is 31.9 Å². The van der Waals surface area contributed by atoms with E-state index in [2.05, 4.69) is 26.6 Å². The fourth-order valence-electron chi connectivity index (χ4n) is 6.27. The summed E-state index contributed by atoms with van der Waals surface area (Å²) in [5.74, 6) is -2.09. The highest BCUT2D eigenvalue weighted by Crippen LogP contribution is 2.55. The number of likely N-dealkylation sites (tertiary alicyclic amines) is 1. The first kappa shape index (κ1) is 25.4. The summed E-state index contributed by atoms with van der Waals surface area (Å²) in [6, 6.07) is 6.62. The topological polar surface area (TPSA) is 97.0 Å². The van der Waals surface area contributed by atoms with Gasteiger partial charge in [0.1, 0.15) is 11.6 Å². The first-order chi connectivity index (χ1) is 17.4. The quantitative estimate of drug-likeness (QED) is 0.357. The number of benzene rings is 1. The molecule has 2 N–H and O–H groups in total. The molecule has 3 heterocycles. The molecule has 0 aromatic heterocycles. The van der Waals surface area contributed by atoms with Crippen molar-refractivity contribution in [2.45, 2.75) is 69.2 Å². The lowest BCUT2D eigenvalue weighted by molar-refractivity contribution is -0.141. The van der Waals surface area contributed by atoms with Gasteiger partial charge < -0.3 is 25.0 Å². The van der Waals surface area contributed by atoms with Crippen LogP contribution in [0, 0.1) is 11.8 Å². The lowest BCUT2D eigenvalue weighted by atomic mass is 9.74. The number of carbonyl (C=O) groups is 3. The number of halogens is 1. The van der Waals surface area contributed by atoms with Crippen LogP contribution in [0.5, 0.6) is 0 Å². The molecule has 3 amide bonds. The number of ether oxygens (including phenoxy) is 2. The zero-order valence-corrected chi connectivity index (χ0v) is 22.2. The highest BCUT2D eigenvalue weighted by atomic mass is 79.9. The average Bonchev–Trinajstić information content (AvgIpc) is 3.51. The molecule has 3 fully saturated rings. The van der Waals surface area contributed by atoms with Crippen molar-refractivity contribution >= 4 is 39.3 Å². The Kier molecular flexibility index (Phi) is 7.51. The zero-order chi connectivity index (χ0) is 25.3. The fraction of sp³-hybridized carbons (Fsp3) is 0.593. The Hall–Kier alpha value is -2.23. The Labute approximate surface area is 220 Å². The molecule has 0 radical (unpaired) electrons. The molecular weight excluding hydrogens is 526 g/mol. The minimum Gasteiger partial charge on any atom is -0.382 e. The molecule has 5 rings (SSSR count). The Morgan fingerprint density at radius 3 is 2.64 bits per heavy atom. The van der Waals surface area contributed by atoms with Crippen LogP contribution in [0.25, 0.3) is 0 Å². The van der Waals surface area contributed by atoms with Crippen LogP contribution in [0.15, 0.2) is 40.9 Å². The zero-order valence-electron chi connectivity index (χ0n) is 20.6. The van der Waals surface area contributed by atoms with Gasteiger partial charge in [0.05, 0.1) is 17.9 Å². The Bertz CT molecular complexity index is 1020. The van der Waals surface area contributed by atoms with Crippen LogP contribution in [-0.2, 0) is 23.9 Å². The molecular formula is C27H34BrN3O5. The number of rotatable bonds is 9. The van der Waals surface area contributed by atoms with Crippen molar-refractivity contribution in [3.63, 3.8) is 0 Å². The standard InChI is InChI=1S/C27H34BrN3O5/c1-2-35-16-6-15-31-23(25(33)30-18-7-4-3-5-8-18)27-14-13-20(36-27)21(22(27)26(31)34)24(32)29-19-11-9-17(28)10-12-19/h9-14,18,20-23H,2-8,15-16H2,1H3,(H,29,32)(H,30,33)/t20-,21-,22-,23+,27+/m1/s1. The maximum atomic E-state index is 13.9. The van der Waals surface area contributed by atoms with Crippen LogP contribution in [0.1, 0.15) is 45.4 Å². The van der Waals surface area contributed by atoms with E-state index in [-0.39, 0.29) is 23.8 Å². The average molecular weight is 560 g/mol. The van der Waals surface area contributed by atoms with Crippen molar-refractivity contribution in [1.29, 1.82) is 0 Å². The molecule has 1 aliphatic carbocycles. The summed E-state index contributed by atoms with van der Waals surface area (Å²) in [6.45, 7) is 3.40. The third-order valence-corrected chi connectivity index (χ3v) is 8.41. The lowest BCUT2D eigenvalue weighted by Crippen LogP contribution is -2.56. The van der Waals surface area contributed by atoms with Gasteiger partial charge in [0.25, 0.3) is 0 Å². The van der Waals surface area contributed by atoms with Gasteiger partial charge in [-0.3, -0.25) is 14.4 Å². The van der Waals surface area contributed by atoms with E-state index in [1.54, 1.807) is 17.0 Å². The Balaban J connectivity index is 1.40. The molecule has 9 heteroatoms. The summed E-state index contributed by atoms with van der Waals surface area (Å²) >= 11 is 3.40. The molecule has 36 heavy (non-hydrogen) atoms. The maximum absolute atomic E-state index is 13.9. The molecule has 1 aromatic carbocycles. The number of carbonyl (C=O) groups excluding carboxylic acids is 3. The van der Waals surface area contributed by atoms with Gasteiger partial charge in [0, 0.05) is 36.0 Å². The van der Waals surface area contributed by atoms with Gasteiger partial charge in [-0.2, -0.15) is 0 Å². The number of nitrogens with zero attached hydrogens (tertiary/aromatic N) is 1. The smallest absolute Gasteiger partial charge is 0.246 e. The third-order valence-electron chi connectivity index (χ3n) is 7.88. The minimum atomic E-state index is -1.13. The molecule has 1 aromatic rings. The maximum Gasteiger partial charge on any atom is 0.246 e. The monoisotopic (exact) mass is 559 g/mol. The molecule has 194 valence electrons. The number of amides is 3. The highest BCUT2D eigenvalue weighted by Gasteiger charge is 2.72. The first-order valence-electron chi connectivity index (χ1n) is 13.1. The molecule has 1 spiro atoms. The number of hydrogen-bond donors (Lipinski definition) is 2. The summed E-state index contributed by atoms with van der Waals surface area (Å²) in [7, 11) is 0. The van der Waals surface area contributed by atoms with Gasteiger partial charge in [0.2, 0.25) is 17.7 Å². The predicted molar refractivity (Wildman–Crippen MR) is 138 cm³/mol. The van der Waals surface area contributed by atoms with Crippen molar-refractivity contribution in [3.8, 4) is 0 Å². The predicted octanol–water partition coefficient (Wildman–Crippen LogP) is 3.41. The van der Waals surface area contributed by atoms with Crippen LogP contribution in [-0.4, -0.2) is 66.2 Å². The van der Waals surface area contributed by atoms with Crippen molar-refractivity contribution < 1.29 is 23.9 Å². The van der Waals surface area contributed by atoms with Gasteiger partial charge in [-0.15, -0.1) is 0 Å². The van der Waals surface area contributed by atoms with E-state index < -0.39 is 29.6 Å². The summed E-state index contributed by atoms with van der Waals surface area (Å²) in [6.07, 6.45) is 9.05. The van der Waals surface area contributed by atoms with Crippen molar-refractivity contribution in [2.75, 3.05) is 25.1 Å². The number of anilines is 1. The molecule has 0 unspecified atom stereocenters. The second kappa shape index (κ2) is 10.6. The molecule has 2 bridgehead atoms. The van der Waals surface area contributed by atoms with E-state index in [1.807, 2.05) is 31.2 Å². The molecule has 5 atom stereocenters. The van der Waals surface area contributed by atoms with Gasteiger partial charge >= 0.3 is 0 Å². The van der Waals surface area contributed by atoms with E-state index in [0.717, 1.165) is 30.2 Å².